The van der Waals surface area contributed by atoms with Gasteiger partial charge in [0.05, 0.1) is 34.4 Å². The van der Waals surface area contributed by atoms with Crippen molar-refractivity contribution in [1.82, 2.24) is 0 Å². The number of carboxylic acids is 1. The number of carbonyl (C=O) groups excluding carboxylic acids is 2. The van der Waals surface area contributed by atoms with Gasteiger partial charge >= 0.3 is 17.9 Å². The number of rotatable bonds is 57. The number of allylic oxidation sites excluding steroid dienone is 8. The van der Waals surface area contributed by atoms with Gasteiger partial charge in [-0.1, -0.05) is 242 Å². The highest BCUT2D eigenvalue weighted by Gasteiger charge is 2.25. The Morgan fingerprint density at radius 2 is 0.740 bits per heavy atom. The van der Waals surface area contributed by atoms with E-state index < -0.39 is 24.3 Å². The van der Waals surface area contributed by atoms with Crippen molar-refractivity contribution in [2.24, 2.45) is 0 Å². The Labute approximate surface area is 451 Å². The van der Waals surface area contributed by atoms with E-state index in [1.807, 2.05) is 21.1 Å². The fraction of sp³-hybridized carbons (Fsp3) is 0.828. The summed E-state index contributed by atoms with van der Waals surface area (Å²) < 4.78 is 22.9. The van der Waals surface area contributed by atoms with E-state index in [2.05, 4.69) is 62.5 Å². The Balaban J connectivity index is 4.16. The summed E-state index contributed by atoms with van der Waals surface area (Å²) >= 11 is 0. The largest absolute Gasteiger partial charge is 0.477 e. The molecule has 0 aliphatic heterocycles. The predicted molar refractivity (Wildman–Crippen MR) is 309 cm³/mol. The minimum Gasteiger partial charge on any atom is -0.477 e. The number of carbonyl (C=O) groups is 3. The Morgan fingerprint density at radius 1 is 0.411 bits per heavy atom. The summed E-state index contributed by atoms with van der Waals surface area (Å²) in [5.41, 5.74) is 0. The lowest BCUT2D eigenvalue weighted by molar-refractivity contribution is -0.870. The maximum absolute atomic E-state index is 12.9. The minimum absolute atomic E-state index is 0.182. The predicted octanol–water partition coefficient (Wildman–Crippen LogP) is 18.2. The van der Waals surface area contributed by atoms with Crippen LogP contribution in [0.5, 0.6) is 0 Å². The van der Waals surface area contributed by atoms with Gasteiger partial charge in [-0.25, -0.2) is 4.79 Å². The second-order valence-corrected chi connectivity index (χ2v) is 22.0. The molecule has 0 aromatic heterocycles. The molecule has 9 nitrogen and oxygen atoms in total. The smallest absolute Gasteiger partial charge is 0.361 e. The Hall–Kier alpha value is -2.75. The summed E-state index contributed by atoms with van der Waals surface area (Å²) in [5.74, 6) is -2.00. The third-order valence-electron chi connectivity index (χ3n) is 13.6. The first kappa shape index (κ1) is 70.2. The standard InChI is InChI=1S/C64H117NO8/c1-6-8-10-12-14-16-18-20-22-24-26-27-28-29-30-31-32-33-34-35-37-39-41-43-45-47-49-51-53-55-62(67)73-60(59-72-64(63(68)69)70-57-56-65(3,4)5)58-71-61(66)54-52-50-48-46-44-42-40-38-36-25-23-21-19-17-15-13-11-9-7-2/h15,17-18,20-21,23-24,26,60,64H,6-14,16,19,22,25,27-59H2,1-5H3/p+1/b17-15-,20-18-,23-21-,26-24-. The fourth-order valence-corrected chi connectivity index (χ4v) is 8.78. The van der Waals surface area contributed by atoms with Gasteiger partial charge in [-0.2, -0.15) is 0 Å². The van der Waals surface area contributed by atoms with Crippen molar-refractivity contribution in [2.75, 3.05) is 47.5 Å². The zero-order valence-electron chi connectivity index (χ0n) is 48.6. The molecule has 9 heteroatoms. The minimum atomic E-state index is -1.51. The van der Waals surface area contributed by atoms with Crippen LogP contribution in [0.25, 0.3) is 0 Å². The van der Waals surface area contributed by atoms with Gasteiger partial charge in [0.15, 0.2) is 6.10 Å². The zero-order valence-corrected chi connectivity index (χ0v) is 48.6. The van der Waals surface area contributed by atoms with Gasteiger partial charge in [-0.15, -0.1) is 0 Å². The molecule has 0 amide bonds. The molecule has 0 aliphatic carbocycles. The summed E-state index contributed by atoms with van der Waals surface area (Å²) in [7, 11) is 5.97. The molecule has 0 spiro atoms. The molecular formula is C64H118NO8+. The van der Waals surface area contributed by atoms with Gasteiger partial charge in [-0.05, 0) is 77.0 Å². The monoisotopic (exact) mass is 1030 g/mol. The molecule has 0 rings (SSSR count). The first-order valence-corrected chi connectivity index (χ1v) is 30.8. The molecule has 2 atom stereocenters. The molecule has 2 unspecified atom stereocenters. The molecule has 0 aliphatic rings. The van der Waals surface area contributed by atoms with E-state index in [1.165, 1.54) is 205 Å². The summed E-state index contributed by atoms with van der Waals surface area (Å²) in [6.07, 6.45) is 66.2. The van der Waals surface area contributed by atoms with E-state index in [0.29, 0.717) is 17.4 Å². The van der Waals surface area contributed by atoms with Crippen LogP contribution in [-0.4, -0.2) is 87.4 Å². The summed E-state index contributed by atoms with van der Waals surface area (Å²) in [6, 6.07) is 0. The maximum Gasteiger partial charge on any atom is 0.361 e. The van der Waals surface area contributed by atoms with Crippen molar-refractivity contribution in [3.05, 3.63) is 48.6 Å². The number of quaternary nitrogens is 1. The van der Waals surface area contributed by atoms with Crippen molar-refractivity contribution in [3.63, 3.8) is 0 Å². The van der Waals surface area contributed by atoms with E-state index in [1.54, 1.807) is 0 Å². The lowest BCUT2D eigenvalue weighted by Crippen LogP contribution is -2.40. The van der Waals surface area contributed by atoms with E-state index in [0.717, 1.165) is 51.4 Å². The van der Waals surface area contributed by atoms with Crippen LogP contribution >= 0.6 is 0 Å². The Morgan fingerprint density at radius 3 is 1.11 bits per heavy atom. The number of nitrogens with zero attached hydrogens (tertiary/aromatic N) is 1. The zero-order chi connectivity index (χ0) is 53.4. The maximum atomic E-state index is 12.9. The van der Waals surface area contributed by atoms with Gasteiger partial charge < -0.3 is 28.5 Å². The van der Waals surface area contributed by atoms with Crippen LogP contribution in [0.3, 0.4) is 0 Å². The second kappa shape index (κ2) is 55.5. The fourth-order valence-electron chi connectivity index (χ4n) is 8.78. The first-order chi connectivity index (χ1) is 35.6. The van der Waals surface area contributed by atoms with Crippen molar-refractivity contribution >= 4 is 17.9 Å². The van der Waals surface area contributed by atoms with Crippen LogP contribution in [-0.2, 0) is 33.3 Å². The number of hydrogen-bond acceptors (Lipinski definition) is 7. The van der Waals surface area contributed by atoms with Crippen LogP contribution in [0.15, 0.2) is 48.6 Å². The van der Waals surface area contributed by atoms with Crippen LogP contribution < -0.4 is 0 Å². The number of aliphatic carboxylic acids is 1. The van der Waals surface area contributed by atoms with Crippen LogP contribution in [0, 0.1) is 0 Å². The summed E-state index contributed by atoms with van der Waals surface area (Å²) in [5, 5.41) is 9.71. The molecule has 0 fully saturated rings. The highest BCUT2D eigenvalue weighted by atomic mass is 16.7. The van der Waals surface area contributed by atoms with E-state index in [-0.39, 0.29) is 32.2 Å². The average molecular weight is 1030 g/mol. The van der Waals surface area contributed by atoms with Gasteiger partial charge in [-0.3, -0.25) is 9.59 Å². The van der Waals surface area contributed by atoms with Crippen molar-refractivity contribution in [1.29, 1.82) is 0 Å². The second-order valence-electron chi connectivity index (χ2n) is 22.0. The van der Waals surface area contributed by atoms with Gasteiger partial charge in [0, 0.05) is 12.8 Å². The number of ether oxygens (including phenoxy) is 4. The Bertz CT molecular complexity index is 1340. The van der Waals surface area contributed by atoms with Gasteiger partial charge in [0.25, 0.3) is 6.29 Å². The molecule has 0 saturated carbocycles. The highest BCUT2D eigenvalue weighted by Crippen LogP contribution is 2.17. The molecule has 0 aromatic carbocycles. The van der Waals surface area contributed by atoms with Gasteiger partial charge in [0.2, 0.25) is 0 Å². The van der Waals surface area contributed by atoms with E-state index in [4.69, 9.17) is 18.9 Å². The first-order valence-electron chi connectivity index (χ1n) is 30.8. The number of unbranched alkanes of at least 4 members (excludes halogenated alkanes) is 34. The third-order valence-corrected chi connectivity index (χ3v) is 13.6. The van der Waals surface area contributed by atoms with Crippen molar-refractivity contribution in [3.8, 4) is 0 Å². The normalized spacial score (nSPS) is 13.1. The highest BCUT2D eigenvalue weighted by molar-refractivity contribution is 5.71. The molecular weight excluding hydrogens is 911 g/mol. The Kier molecular flexibility index (Phi) is 53.4. The van der Waals surface area contributed by atoms with Crippen molar-refractivity contribution in [2.45, 2.75) is 296 Å². The number of hydrogen-bond donors (Lipinski definition) is 1. The van der Waals surface area contributed by atoms with Gasteiger partial charge in [0.1, 0.15) is 13.2 Å². The number of carboxylic acid groups (broad SMARTS) is 1. The topological polar surface area (TPSA) is 108 Å². The summed E-state index contributed by atoms with van der Waals surface area (Å²) in [4.78, 5) is 37.5. The van der Waals surface area contributed by atoms with Crippen molar-refractivity contribution < 1.29 is 42.9 Å². The molecule has 0 aromatic rings. The number of likely N-dealkylation sites (N-methyl/N-ethyl adjacent to an activating group) is 1. The van der Waals surface area contributed by atoms with Crippen LogP contribution in [0.2, 0.25) is 0 Å². The molecule has 0 heterocycles. The lowest BCUT2D eigenvalue weighted by atomic mass is 10.0. The third kappa shape index (κ3) is 56.8. The lowest BCUT2D eigenvalue weighted by Gasteiger charge is -2.25. The summed E-state index contributed by atoms with van der Waals surface area (Å²) in [6.45, 7) is 4.87. The van der Waals surface area contributed by atoms with E-state index in [9.17, 15) is 19.5 Å². The SMILES string of the molecule is CCCCC/C=C\C/C=C\CCCCCCCCCCCC(=O)OCC(COC(OCC[N+](C)(C)C)C(=O)O)OC(=O)CCCCCCCCCCCCCCCCCCC/C=C\C/C=C\CCCCCCC. The molecule has 426 valence electrons. The van der Waals surface area contributed by atoms with Crippen LogP contribution in [0.1, 0.15) is 284 Å². The molecule has 73 heavy (non-hydrogen) atoms. The quantitative estimate of drug-likeness (QED) is 0.0211. The van der Waals surface area contributed by atoms with Crippen LogP contribution in [0.4, 0.5) is 0 Å². The average Bonchev–Trinajstić information content (AvgIpc) is 3.36. The van der Waals surface area contributed by atoms with E-state index >= 15 is 0 Å². The molecule has 0 saturated heterocycles. The molecule has 1 N–H and O–H groups in total. The molecule has 0 bridgehead atoms. The number of esters is 2. The molecule has 0 radical (unpaired) electrons.